The molecule has 0 aromatic heterocycles. The van der Waals surface area contributed by atoms with Gasteiger partial charge in [-0.25, -0.2) is 0 Å². The molecule has 0 rings (SSSR count). The zero-order chi connectivity index (χ0) is 15.1. The first-order chi connectivity index (χ1) is 9.74. The van der Waals surface area contributed by atoms with Crippen LogP contribution in [0.2, 0.25) is 0 Å². The second kappa shape index (κ2) is 14.1. The van der Waals surface area contributed by atoms with Crippen molar-refractivity contribution >= 4 is 11.9 Å². The summed E-state index contributed by atoms with van der Waals surface area (Å²) in [4.78, 5) is 15.4. The maximum absolute atomic E-state index is 10.9. The molecule has 2 N–H and O–H groups in total. The van der Waals surface area contributed by atoms with Crippen LogP contribution in [0.25, 0.3) is 0 Å². The van der Waals surface area contributed by atoms with E-state index in [1.165, 1.54) is 7.11 Å². The Morgan fingerprint density at radius 2 is 1.90 bits per heavy atom. The number of methoxy groups -OCH3 is 2. The SMILES string of the molecule is CCNC(=NCCCOC)NCCCCCC(=O)OC. The average molecular weight is 287 g/mol. The highest BCUT2D eigenvalue weighted by molar-refractivity contribution is 5.79. The van der Waals surface area contributed by atoms with Crippen molar-refractivity contribution in [3.05, 3.63) is 0 Å². The van der Waals surface area contributed by atoms with Crippen molar-refractivity contribution < 1.29 is 14.3 Å². The van der Waals surface area contributed by atoms with Gasteiger partial charge in [0.1, 0.15) is 0 Å². The van der Waals surface area contributed by atoms with Crippen LogP contribution < -0.4 is 10.6 Å². The third-order valence-electron chi connectivity index (χ3n) is 2.70. The number of esters is 1. The Bertz CT molecular complexity index is 270. The first kappa shape index (κ1) is 18.7. The number of hydrogen-bond donors (Lipinski definition) is 2. The quantitative estimate of drug-likeness (QED) is 0.259. The predicted molar refractivity (Wildman–Crippen MR) is 81.0 cm³/mol. The Morgan fingerprint density at radius 3 is 2.55 bits per heavy atom. The zero-order valence-corrected chi connectivity index (χ0v) is 13.0. The number of rotatable bonds is 11. The molecule has 0 saturated heterocycles. The topological polar surface area (TPSA) is 72.0 Å². The van der Waals surface area contributed by atoms with Crippen molar-refractivity contribution in [2.24, 2.45) is 4.99 Å². The number of aliphatic imine (C=N–C) groups is 1. The van der Waals surface area contributed by atoms with E-state index in [9.17, 15) is 4.79 Å². The molecule has 0 saturated carbocycles. The highest BCUT2D eigenvalue weighted by atomic mass is 16.5. The molecular weight excluding hydrogens is 258 g/mol. The summed E-state index contributed by atoms with van der Waals surface area (Å²) in [6, 6.07) is 0. The summed E-state index contributed by atoms with van der Waals surface area (Å²) < 4.78 is 9.59. The third-order valence-corrected chi connectivity index (χ3v) is 2.70. The Morgan fingerprint density at radius 1 is 1.10 bits per heavy atom. The Hall–Kier alpha value is -1.30. The molecule has 0 aliphatic rings. The predicted octanol–water partition coefficient (Wildman–Crippen LogP) is 1.31. The molecule has 6 nitrogen and oxygen atoms in total. The molecule has 6 heteroatoms. The van der Waals surface area contributed by atoms with Gasteiger partial charge in [0.15, 0.2) is 5.96 Å². The van der Waals surface area contributed by atoms with Gasteiger partial charge in [-0.1, -0.05) is 6.42 Å². The molecule has 0 atom stereocenters. The summed E-state index contributed by atoms with van der Waals surface area (Å²) in [5.74, 6) is 0.711. The van der Waals surface area contributed by atoms with Crippen LogP contribution in [0, 0.1) is 0 Å². The zero-order valence-electron chi connectivity index (χ0n) is 13.0. The first-order valence-corrected chi connectivity index (χ1v) is 7.32. The number of carbonyl (C=O) groups is 1. The number of guanidine groups is 1. The molecule has 0 aromatic rings. The van der Waals surface area contributed by atoms with Gasteiger partial charge in [0, 0.05) is 39.8 Å². The summed E-state index contributed by atoms with van der Waals surface area (Å²) >= 11 is 0. The first-order valence-electron chi connectivity index (χ1n) is 7.32. The highest BCUT2D eigenvalue weighted by Crippen LogP contribution is 1.99. The summed E-state index contributed by atoms with van der Waals surface area (Å²) in [7, 11) is 3.12. The smallest absolute Gasteiger partial charge is 0.305 e. The third kappa shape index (κ3) is 11.8. The van der Waals surface area contributed by atoms with Crippen LogP contribution in [-0.2, 0) is 14.3 Å². The van der Waals surface area contributed by atoms with E-state index >= 15 is 0 Å². The van der Waals surface area contributed by atoms with E-state index in [2.05, 4.69) is 20.4 Å². The van der Waals surface area contributed by atoms with E-state index in [4.69, 9.17) is 4.74 Å². The summed E-state index contributed by atoms with van der Waals surface area (Å²) in [5.41, 5.74) is 0. The van der Waals surface area contributed by atoms with E-state index in [0.29, 0.717) is 6.42 Å². The number of ether oxygens (including phenoxy) is 2. The van der Waals surface area contributed by atoms with Crippen LogP contribution in [0.4, 0.5) is 0 Å². The fourth-order valence-electron chi connectivity index (χ4n) is 1.62. The van der Waals surface area contributed by atoms with Crippen molar-refractivity contribution in [1.29, 1.82) is 0 Å². The van der Waals surface area contributed by atoms with Gasteiger partial charge in [-0.2, -0.15) is 0 Å². The summed E-state index contributed by atoms with van der Waals surface area (Å²) in [5, 5.41) is 6.48. The lowest BCUT2D eigenvalue weighted by atomic mass is 10.2. The number of nitrogens with one attached hydrogen (secondary N) is 2. The number of hydrogen-bond acceptors (Lipinski definition) is 4. The molecular formula is C14H29N3O3. The molecule has 0 aliphatic carbocycles. The molecule has 0 amide bonds. The fourth-order valence-corrected chi connectivity index (χ4v) is 1.62. The molecule has 0 unspecified atom stereocenters. The minimum Gasteiger partial charge on any atom is -0.469 e. The van der Waals surface area contributed by atoms with Gasteiger partial charge in [0.2, 0.25) is 0 Å². The average Bonchev–Trinajstić information content (AvgIpc) is 2.46. The molecule has 0 aliphatic heterocycles. The van der Waals surface area contributed by atoms with Crippen molar-refractivity contribution in [1.82, 2.24) is 10.6 Å². The van der Waals surface area contributed by atoms with Crippen LogP contribution in [0.15, 0.2) is 4.99 Å². The fraction of sp³-hybridized carbons (Fsp3) is 0.857. The van der Waals surface area contributed by atoms with Crippen LogP contribution >= 0.6 is 0 Å². The molecule has 0 fully saturated rings. The van der Waals surface area contributed by atoms with Gasteiger partial charge in [0.05, 0.1) is 7.11 Å². The van der Waals surface area contributed by atoms with Crippen molar-refractivity contribution in [3.8, 4) is 0 Å². The van der Waals surface area contributed by atoms with E-state index < -0.39 is 0 Å². The van der Waals surface area contributed by atoms with Gasteiger partial charge in [-0.05, 0) is 26.2 Å². The number of carbonyl (C=O) groups excluding carboxylic acids is 1. The van der Waals surface area contributed by atoms with E-state index in [1.54, 1.807) is 7.11 Å². The Balaban J connectivity index is 3.66. The molecule has 0 aromatic carbocycles. The van der Waals surface area contributed by atoms with Gasteiger partial charge in [-0.3, -0.25) is 9.79 Å². The largest absolute Gasteiger partial charge is 0.469 e. The van der Waals surface area contributed by atoms with E-state index in [0.717, 1.165) is 57.9 Å². The number of unbranched alkanes of at least 4 members (excludes halogenated alkanes) is 2. The molecule has 20 heavy (non-hydrogen) atoms. The summed E-state index contributed by atoms with van der Waals surface area (Å²) in [6.07, 6.45) is 4.31. The van der Waals surface area contributed by atoms with Crippen molar-refractivity contribution in [2.75, 3.05) is 40.5 Å². The number of nitrogens with zero attached hydrogens (tertiary/aromatic N) is 1. The van der Waals surface area contributed by atoms with Crippen molar-refractivity contribution in [2.45, 2.75) is 39.0 Å². The van der Waals surface area contributed by atoms with Crippen LogP contribution in [0.5, 0.6) is 0 Å². The van der Waals surface area contributed by atoms with E-state index in [1.807, 2.05) is 6.92 Å². The Kier molecular flexibility index (Phi) is 13.2. The lowest BCUT2D eigenvalue weighted by Gasteiger charge is -2.11. The second-order valence-electron chi connectivity index (χ2n) is 4.42. The standard InChI is InChI=1S/C14H29N3O3/c1-4-15-14(17-11-8-12-19-2)16-10-7-5-6-9-13(18)20-3/h4-12H2,1-3H3,(H2,15,16,17). The molecule has 0 radical (unpaired) electrons. The maximum atomic E-state index is 10.9. The lowest BCUT2D eigenvalue weighted by Crippen LogP contribution is -2.37. The molecule has 0 heterocycles. The highest BCUT2D eigenvalue weighted by Gasteiger charge is 2.00. The second-order valence-corrected chi connectivity index (χ2v) is 4.42. The van der Waals surface area contributed by atoms with Crippen LogP contribution in [0.1, 0.15) is 39.0 Å². The minimum atomic E-state index is -0.133. The normalized spacial score (nSPS) is 11.2. The minimum absolute atomic E-state index is 0.133. The Labute approximate surface area is 122 Å². The van der Waals surface area contributed by atoms with Crippen molar-refractivity contribution in [3.63, 3.8) is 0 Å². The monoisotopic (exact) mass is 287 g/mol. The van der Waals surface area contributed by atoms with Crippen LogP contribution in [-0.4, -0.2) is 52.4 Å². The van der Waals surface area contributed by atoms with Gasteiger partial charge < -0.3 is 20.1 Å². The van der Waals surface area contributed by atoms with Gasteiger partial charge in [0.25, 0.3) is 0 Å². The lowest BCUT2D eigenvalue weighted by molar-refractivity contribution is -0.140. The van der Waals surface area contributed by atoms with E-state index in [-0.39, 0.29) is 5.97 Å². The van der Waals surface area contributed by atoms with Crippen LogP contribution in [0.3, 0.4) is 0 Å². The van der Waals surface area contributed by atoms with Gasteiger partial charge >= 0.3 is 5.97 Å². The summed E-state index contributed by atoms with van der Waals surface area (Å²) in [6.45, 7) is 5.24. The molecule has 0 spiro atoms. The molecule has 118 valence electrons. The maximum Gasteiger partial charge on any atom is 0.305 e. The van der Waals surface area contributed by atoms with Gasteiger partial charge in [-0.15, -0.1) is 0 Å². The molecule has 0 bridgehead atoms.